The molecule has 0 saturated heterocycles. The van der Waals surface area contributed by atoms with Gasteiger partial charge in [-0.05, 0) is 6.07 Å². The van der Waals surface area contributed by atoms with Gasteiger partial charge in [0.1, 0.15) is 5.15 Å². The fraction of sp³-hybridized carbons (Fsp3) is 0.286. The minimum Gasteiger partial charge on any atom is -0.396 e. The first kappa shape index (κ1) is 11.2. The summed E-state index contributed by atoms with van der Waals surface area (Å²) < 4.78 is 0. The molecule has 0 spiro atoms. The third-order valence-electron chi connectivity index (χ3n) is 1.33. The summed E-state index contributed by atoms with van der Waals surface area (Å²) in [6.07, 6.45) is 0. The van der Waals surface area contributed by atoms with Gasteiger partial charge in [-0.1, -0.05) is 23.4 Å². The Labute approximate surface area is 89.3 Å². The molecule has 5 nitrogen and oxygen atoms in total. The monoisotopic (exact) mass is 234 g/mol. The zero-order valence-electron chi connectivity index (χ0n) is 7.01. The zero-order chi connectivity index (χ0) is 10.6. The number of aliphatic hydroxyl groups is 1. The van der Waals surface area contributed by atoms with E-state index < -0.39 is 4.92 Å². The summed E-state index contributed by atoms with van der Waals surface area (Å²) in [5.74, 6) is 0.355. The van der Waals surface area contributed by atoms with E-state index in [9.17, 15) is 10.1 Å². The molecule has 0 unspecified atom stereocenters. The molecule has 0 saturated carbocycles. The number of halogens is 1. The van der Waals surface area contributed by atoms with Gasteiger partial charge in [-0.15, -0.1) is 0 Å². The average Bonchev–Trinajstić information content (AvgIpc) is 2.14. The van der Waals surface area contributed by atoms with Gasteiger partial charge >= 0.3 is 5.69 Å². The lowest BCUT2D eigenvalue weighted by molar-refractivity contribution is -0.388. The summed E-state index contributed by atoms with van der Waals surface area (Å²) >= 11 is 6.69. The lowest BCUT2D eigenvalue weighted by Crippen LogP contribution is -1.95. The number of aromatic nitrogens is 1. The smallest absolute Gasteiger partial charge is 0.301 e. The molecule has 14 heavy (non-hydrogen) atoms. The molecule has 76 valence electrons. The Morgan fingerprint density at radius 3 is 2.93 bits per heavy atom. The maximum Gasteiger partial charge on any atom is 0.301 e. The van der Waals surface area contributed by atoms with Crippen molar-refractivity contribution in [1.82, 2.24) is 4.98 Å². The van der Waals surface area contributed by atoms with Crippen LogP contribution in [0.25, 0.3) is 0 Å². The first-order chi connectivity index (χ1) is 6.65. The van der Waals surface area contributed by atoms with E-state index in [2.05, 4.69) is 4.98 Å². The van der Waals surface area contributed by atoms with Gasteiger partial charge in [-0.3, -0.25) is 10.1 Å². The Morgan fingerprint density at radius 1 is 1.64 bits per heavy atom. The predicted octanol–water partition coefficient (Wildman–Crippen LogP) is 1.73. The molecule has 0 aliphatic carbocycles. The summed E-state index contributed by atoms with van der Waals surface area (Å²) in [7, 11) is 0. The van der Waals surface area contributed by atoms with Crippen LogP contribution in [0.15, 0.2) is 17.2 Å². The quantitative estimate of drug-likeness (QED) is 0.372. The third-order valence-corrected chi connectivity index (χ3v) is 2.50. The second kappa shape index (κ2) is 5.14. The summed E-state index contributed by atoms with van der Waals surface area (Å²) in [6, 6.07) is 2.66. The summed E-state index contributed by atoms with van der Waals surface area (Å²) in [4.78, 5) is 13.8. The highest BCUT2D eigenvalue weighted by molar-refractivity contribution is 7.99. The molecule has 1 aromatic rings. The van der Waals surface area contributed by atoms with Gasteiger partial charge in [0.25, 0.3) is 0 Å². The van der Waals surface area contributed by atoms with Crippen molar-refractivity contribution in [3.63, 3.8) is 0 Å². The van der Waals surface area contributed by atoms with Crippen LogP contribution in [0.3, 0.4) is 0 Å². The Kier molecular flexibility index (Phi) is 4.12. The normalized spacial score (nSPS) is 10.1. The highest BCUT2D eigenvalue weighted by atomic mass is 35.5. The van der Waals surface area contributed by atoms with Crippen molar-refractivity contribution < 1.29 is 10.0 Å². The number of pyridine rings is 1. The molecule has 0 atom stereocenters. The summed E-state index contributed by atoms with van der Waals surface area (Å²) in [6.45, 7) is -0.0595. The van der Waals surface area contributed by atoms with Crippen LogP contribution in [0, 0.1) is 10.1 Å². The molecule has 0 aliphatic rings. The summed E-state index contributed by atoms with van der Waals surface area (Å²) in [5.41, 5.74) is -0.0900. The standard InChI is InChI=1S/C7H7ClN2O3S/c8-6-2-1-5(10(12)13)7(9-6)14-4-3-11/h1-2,11H,3-4H2. The van der Waals surface area contributed by atoms with E-state index in [1.807, 2.05) is 0 Å². The van der Waals surface area contributed by atoms with Crippen LogP contribution in [-0.2, 0) is 0 Å². The molecule has 0 radical (unpaired) electrons. The van der Waals surface area contributed by atoms with Crippen LogP contribution in [-0.4, -0.2) is 27.4 Å². The van der Waals surface area contributed by atoms with Crippen molar-refractivity contribution in [2.75, 3.05) is 12.4 Å². The molecule has 1 rings (SSSR count). The van der Waals surface area contributed by atoms with E-state index in [4.69, 9.17) is 16.7 Å². The first-order valence-electron chi connectivity index (χ1n) is 3.69. The van der Waals surface area contributed by atoms with Crippen molar-refractivity contribution in [2.24, 2.45) is 0 Å². The first-order valence-corrected chi connectivity index (χ1v) is 5.06. The second-order valence-corrected chi connectivity index (χ2v) is 3.76. The second-order valence-electron chi connectivity index (χ2n) is 2.29. The Morgan fingerprint density at radius 2 is 2.36 bits per heavy atom. The number of nitrogens with zero attached hydrogens (tertiary/aromatic N) is 2. The maximum atomic E-state index is 10.5. The number of thioether (sulfide) groups is 1. The molecule has 7 heteroatoms. The number of aliphatic hydroxyl groups excluding tert-OH is 1. The van der Waals surface area contributed by atoms with E-state index in [1.165, 1.54) is 12.1 Å². The zero-order valence-corrected chi connectivity index (χ0v) is 8.59. The van der Waals surface area contributed by atoms with Gasteiger partial charge in [0.2, 0.25) is 0 Å². The van der Waals surface area contributed by atoms with Crippen molar-refractivity contribution >= 4 is 29.1 Å². The highest BCUT2D eigenvalue weighted by Gasteiger charge is 2.15. The number of hydrogen-bond acceptors (Lipinski definition) is 5. The molecular weight excluding hydrogens is 228 g/mol. The van der Waals surface area contributed by atoms with Crippen LogP contribution in [0.2, 0.25) is 5.15 Å². The van der Waals surface area contributed by atoms with Gasteiger partial charge in [0, 0.05) is 11.8 Å². The van der Waals surface area contributed by atoms with Crippen molar-refractivity contribution in [2.45, 2.75) is 5.03 Å². The van der Waals surface area contributed by atoms with E-state index in [-0.39, 0.29) is 22.5 Å². The van der Waals surface area contributed by atoms with E-state index in [1.54, 1.807) is 0 Å². The van der Waals surface area contributed by atoms with E-state index in [0.29, 0.717) is 5.75 Å². The van der Waals surface area contributed by atoms with Crippen LogP contribution in [0.5, 0.6) is 0 Å². The van der Waals surface area contributed by atoms with Gasteiger partial charge < -0.3 is 5.11 Å². The SMILES string of the molecule is O=[N+]([O-])c1ccc(Cl)nc1SCCO. The minimum absolute atomic E-state index is 0.0595. The lowest BCUT2D eigenvalue weighted by atomic mass is 10.4. The molecule has 0 amide bonds. The number of rotatable bonds is 4. The van der Waals surface area contributed by atoms with Gasteiger partial charge in [0.15, 0.2) is 5.03 Å². The fourth-order valence-electron chi connectivity index (χ4n) is 0.798. The van der Waals surface area contributed by atoms with Gasteiger partial charge in [0.05, 0.1) is 11.5 Å². The molecule has 1 aromatic heterocycles. The maximum absolute atomic E-state index is 10.5. The van der Waals surface area contributed by atoms with Crippen molar-refractivity contribution in [3.8, 4) is 0 Å². The Balaban J connectivity index is 2.97. The van der Waals surface area contributed by atoms with E-state index >= 15 is 0 Å². The van der Waals surface area contributed by atoms with Crippen LogP contribution in [0.4, 0.5) is 5.69 Å². The Bertz CT molecular complexity index is 348. The van der Waals surface area contributed by atoms with Crippen LogP contribution >= 0.6 is 23.4 Å². The Hall–Kier alpha value is -0.850. The van der Waals surface area contributed by atoms with Gasteiger partial charge in [-0.2, -0.15) is 0 Å². The average molecular weight is 235 g/mol. The minimum atomic E-state index is -0.525. The third kappa shape index (κ3) is 2.83. The molecule has 0 aromatic carbocycles. The molecule has 0 fully saturated rings. The van der Waals surface area contributed by atoms with Crippen molar-refractivity contribution in [3.05, 3.63) is 27.4 Å². The molecule has 0 bridgehead atoms. The number of hydrogen-bond donors (Lipinski definition) is 1. The van der Waals surface area contributed by atoms with Crippen LogP contribution in [0.1, 0.15) is 0 Å². The predicted molar refractivity (Wildman–Crippen MR) is 53.7 cm³/mol. The highest BCUT2D eigenvalue weighted by Crippen LogP contribution is 2.28. The molecular formula is C7H7ClN2O3S. The van der Waals surface area contributed by atoms with E-state index in [0.717, 1.165) is 11.8 Å². The topological polar surface area (TPSA) is 76.3 Å². The number of nitro groups is 1. The fourth-order valence-corrected chi connectivity index (χ4v) is 1.73. The van der Waals surface area contributed by atoms with Crippen molar-refractivity contribution in [1.29, 1.82) is 0 Å². The summed E-state index contributed by atoms with van der Waals surface area (Å²) in [5, 5.41) is 19.6. The van der Waals surface area contributed by atoms with Crippen LogP contribution < -0.4 is 0 Å². The molecule has 1 heterocycles. The largest absolute Gasteiger partial charge is 0.396 e. The molecule has 0 aliphatic heterocycles. The lowest BCUT2D eigenvalue weighted by Gasteiger charge is -2.00. The van der Waals surface area contributed by atoms with Gasteiger partial charge in [-0.25, -0.2) is 4.98 Å². The molecule has 1 N–H and O–H groups in total.